The predicted octanol–water partition coefficient (Wildman–Crippen LogP) is 2.72. The minimum Gasteiger partial charge on any atom is -0.497 e. The van der Waals surface area contributed by atoms with Crippen molar-refractivity contribution in [3.8, 4) is 11.5 Å². The Morgan fingerprint density at radius 3 is 1.89 bits per heavy atom. The number of aryl methyl sites for hydroxylation is 2. The van der Waals surface area contributed by atoms with Gasteiger partial charge in [0.15, 0.2) is 0 Å². The molecule has 10 heteroatoms. The van der Waals surface area contributed by atoms with Gasteiger partial charge in [-0.15, -0.1) is 0 Å². The van der Waals surface area contributed by atoms with Crippen molar-refractivity contribution in [2.75, 3.05) is 25.3 Å². The number of ether oxygens (including phenoxy) is 2. The van der Waals surface area contributed by atoms with Crippen molar-refractivity contribution in [1.82, 2.24) is 19.1 Å². The number of benzene rings is 2. The minimum atomic E-state index is -0.652. The number of hydrogen-bond acceptors (Lipinski definition) is 8. The van der Waals surface area contributed by atoms with Crippen molar-refractivity contribution in [3.63, 3.8) is 0 Å². The zero-order valence-corrected chi connectivity index (χ0v) is 21.3. The highest BCUT2D eigenvalue weighted by atomic mass is 16.5. The minimum absolute atomic E-state index is 0.0749. The first-order valence-corrected chi connectivity index (χ1v) is 11.7. The summed E-state index contributed by atoms with van der Waals surface area (Å²) in [5, 5.41) is 3.14. The summed E-state index contributed by atoms with van der Waals surface area (Å²) in [5.74, 6) is 1.93. The van der Waals surface area contributed by atoms with E-state index in [2.05, 4.69) is 15.3 Å². The fourth-order valence-electron chi connectivity index (χ4n) is 4.06. The molecule has 0 aliphatic carbocycles. The number of nitrogen functional groups attached to an aromatic ring is 1. The monoisotopic (exact) mass is 502 g/mol. The van der Waals surface area contributed by atoms with Crippen LogP contribution in [0.25, 0.3) is 0 Å². The van der Waals surface area contributed by atoms with E-state index in [9.17, 15) is 9.59 Å². The number of methoxy groups -OCH3 is 2. The molecule has 0 saturated heterocycles. The lowest BCUT2D eigenvalue weighted by molar-refractivity contribution is 0.414. The van der Waals surface area contributed by atoms with E-state index in [0.29, 0.717) is 17.3 Å². The van der Waals surface area contributed by atoms with Gasteiger partial charge in [-0.1, -0.05) is 24.3 Å². The Bertz CT molecular complexity index is 1490. The highest BCUT2D eigenvalue weighted by Crippen LogP contribution is 2.18. The predicted molar refractivity (Wildman–Crippen MR) is 142 cm³/mol. The van der Waals surface area contributed by atoms with E-state index in [4.69, 9.17) is 15.2 Å². The lowest BCUT2D eigenvalue weighted by atomic mass is 10.1. The van der Waals surface area contributed by atoms with Crippen molar-refractivity contribution >= 4 is 11.8 Å². The van der Waals surface area contributed by atoms with Gasteiger partial charge in [0.25, 0.3) is 0 Å². The highest BCUT2D eigenvalue weighted by molar-refractivity contribution is 5.47. The van der Waals surface area contributed by atoms with Gasteiger partial charge >= 0.3 is 11.4 Å². The molecular weight excluding hydrogens is 472 g/mol. The third-order valence-electron chi connectivity index (χ3n) is 6.08. The molecule has 0 radical (unpaired) electrons. The fourth-order valence-corrected chi connectivity index (χ4v) is 4.06. The van der Waals surface area contributed by atoms with Gasteiger partial charge in [0.1, 0.15) is 17.3 Å². The van der Waals surface area contributed by atoms with Crippen LogP contribution in [0.1, 0.15) is 27.9 Å². The van der Waals surface area contributed by atoms with Crippen LogP contribution < -0.4 is 31.9 Å². The molecule has 0 amide bonds. The van der Waals surface area contributed by atoms with Gasteiger partial charge in [0.2, 0.25) is 5.95 Å². The van der Waals surface area contributed by atoms with Crippen molar-refractivity contribution < 1.29 is 9.47 Å². The summed E-state index contributed by atoms with van der Waals surface area (Å²) in [6.45, 7) is 4.33. The SMILES string of the molecule is COc1ccc(Cn2c(NCc3c(C)cc(C)nc3N)nc(=O)n(Cc3ccc(OC)cc3)c2=O)cc1. The van der Waals surface area contributed by atoms with Gasteiger partial charge in [-0.3, -0.25) is 4.57 Å². The summed E-state index contributed by atoms with van der Waals surface area (Å²) in [6, 6.07) is 16.5. The Hall–Kier alpha value is -4.60. The highest BCUT2D eigenvalue weighted by Gasteiger charge is 2.16. The standard InChI is InChI=1S/C27H30N6O4/c1-17-13-18(2)30-24(28)23(17)14-29-25-31-26(34)33(16-20-7-11-22(37-4)12-8-20)27(35)32(25)15-19-5-9-21(36-3)10-6-19/h5-13H,14-16H2,1-4H3,(H2,28,30)(H,29,31,34). The van der Waals surface area contributed by atoms with Crippen LogP contribution in [0.5, 0.6) is 11.5 Å². The topological polar surface area (TPSA) is 126 Å². The van der Waals surface area contributed by atoms with E-state index < -0.39 is 11.4 Å². The quantitative estimate of drug-likeness (QED) is 0.358. The second kappa shape index (κ2) is 11.0. The summed E-state index contributed by atoms with van der Waals surface area (Å²) >= 11 is 0. The number of hydrogen-bond donors (Lipinski definition) is 2. The number of nitrogens with one attached hydrogen (secondary N) is 1. The second-order valence-electron chi connectivity index (χ2n) is 8.67. The lowest BCUT2D eigenvalue weighted by Gasteiger charge is -2.17. The van der Waals surface area contributed by atoms with E-state index in [1.165, 1.54) is 4.57 Å². The van der Waals surface area contributed by atoms with Gasteiger partial charge in [-0.25, -0.2) is 19.1 Å². The Labute approximate surface area is 214 Å². The van der Waals surface area contributed by atoms with Crippen LogP contribution in [-0.4, -0.2) is 33.3 Å². The van der Waals surface area contributed by atoms with E-state index >= 15 is 0 Å². The van der Waals surface area contributed by atoms with Crippen LogP contribution in [0.15, 0.2) is 64.2 Å². The number of nitrogens with two attached hydrogens (primary N) is 1. The maximum absolute atomic E-state index is 13.6. The maximum atomic E-state index is 13.6. The Morgan fingerprint density at radius 2 is 1.38 bits per heavy atom. The Balaban J connectivity index is 1.73. The van der Waals surface area contributed by atoms with E-state index in [-0.39, 0.29) is 25.6 Å². The molecule has 0 aliphatic heterocycles. The van der Waals surface area contributed by atoms with Gasteiger partial charge < -0.3 is 20.5 Å². The molecule has 0 unspecified atom stereocenters. The molecule has 0 atom stereocenters. The van der Waals surface area contributed by atoms with E-state index in [1.807, 2.05) is 44.2 Å². The normalized spacial score (nSPS) is 10.8. The first-order chi connectivity index (χ1) is 17.8. The zero-order chi connectivity index (χ0) is 26.5. The van der Waals surface area contributed by atoms with Gasteiger partial charge in [-0.2, -0.15) is 4.98 Å². The Kier molecular flexibility index (Phi) is 7.57. The number of rotatable bonds is 9. The third kappa shape index (κ3) is 5.80. The van der Waals surface area contributed by atoms with Crippen molar-refractivity contribution in [2.24, 2.45) is 0 Å². The van der Waals surface area contributed by atoms with Crippen molar-refractivity contribution in [2.45, 2.75) is 33.5 Å². The zero-order valence-electron chi connectivity index (χ0n) is 21.3. The molecule has 2 aromatic heterocycles. The second-order valence-corrected chi connectivity index (χ2v) is 8.67. The molecule has 2 aromatic carbocycles. The van der Waals surface area contributed by atoms with Crippen molar-refractivity contribution in [1.29, 1.82) is 0 Å². The smallest absolute Gasteiger partial charge is 0.355 e. The van der Waals surface area contributed by atoms with Crippen molar-refractivity contribution in [3.05, 3.63) is 104 Å². The van der Waals surface area contributed by atoms with Crippen LogP contribution in [0.3, 0.4) is 0 Å². The number of anilines is 2. The van der Waals surface area contributed by atoms with E-state index in [0.717, 1.165) is 32.5 Å². The molecule has 0 fully saturated rings. The Morgan fingerprint density at radius 1 is 0.838 bits per heavy atom. The van der Waals surface area contributed by atoms with Crippen LogP contribution in [-0.2, 0) is 19.6 Å². The third-order valence-corrected chi connectivity index (χ3v) is 6.08. The molecule has 4 rings (SSSR count). The van der Waals surface area contributed by atoms with Crippen LogP contribution >= 0.6 is 0 Å². The molecule has 0 aliphatic rings. The summed E-state index contributed by atoms with van der Waals surface area (Å²) < 4.78 is 13.0. The van der Waals surface area contributed by atoms with Gasteiger partial charge in [0, 0.05) is 17.8 Å². The van der Waals surface area contributed by atoms with Gasteiger partial charge in [-0.05, 0) is 60.9 Å². The largest absolute Gasteiger partial charge is 0.497 e. The lowest BCUT2D eigenvalue weighted by Crippen LogP contribution is -2.43. The van der Waals surface area contributed by atoms with E-state index in [1.54, 1.807) is 38.5 Å². The van der Waals surface area contributed by atoms with Crippen LogP contribution in [0, 0.1) is 13.8 Å². The number of aromatic nitrogens is 4. The molecule has 0 spiro atoms. The molecule has 2 heterocycles. The first-order valence-electron chi connectivity index (χ1n) is 11.7. The first kappa shape index (κ1) is 25.5. The summed E-state index contributed by atoms with van der Waals surface area (Å²) in [5.41, 5.74) is 9.16. The molecule has 3 N–H and O–H groups in total. The maximum Gasteiger partial charge on any atom is 0.355 e. The average molecular weight is 503 g/mol. The number of nitrogens with zero attached hydrogens (tertiary/aromatic N) is 4. The van der Waals surface area contributed by atoms with Crippen LogP contribution in [0.4, 0.5) is 11.8 Å². The summed E-state index contributed by atoms with van der Waals surface area (Å²) in [6.07, 6.45) is 0. The summed E-state index contributed by atoms with van der Waals surface area (Å²) in [7, 11) is 3.17. The fraction of sp³-hybridized carbons (Fsp3) is 0.259. The molecule has 0 bridgehead atoms. The molecule has 0 saturated carbocycles. The molecule has 192 valence electrons. The van der Waals surface area contributed by atoms with Crippen LogP contribution in [0.2, 0.25) is 0 Å². The number of pyridine rings is 1. The average Bonchev–Trinajstić information content (AvgIpc) is 2.88. The molecule has 37 heavy (non-hydrogen) atoms. The molecule has 4 aromatic rings. The molecular formula is C27H30N6O4. The summed E-state index contributed by atoms with van der Waals surface area (Å²) in [4.78, 5) is 35.2. The van der Waals surface area contributed by atoms with Gasteiger partial charge in [0.05, 0.1) is 27.3 Å². The molecule has 10 nitrogen and oxygen atoms in total.